The van der Waals surface area contributed by atoms with Crippen LogP contribution in [0.2, 0.25) is 0 Å². The maximum absolute atomic E-state index is 12.6. The van der Waals surface area contributed by atoms with Crippen LogP contribution >= 0.6 is 0 Å². The van der Waals surface area contributed by atoms with Gasteiger partial charge in [0.25, 0.3) is 5.91 Å². The molecule has 6 nitrogen and oxygen atoms in total. The molecule has 0 bridgehead atoms. The van der Waals surface area contributed by atoms with Crippen LogP contribution in [0.4, 0.5) is 17.1 Å². The zero-order chi connectivity index (χ0) is 25.6. The minimum absolute atomic E-state index is 0.183. The molecule has 3 aromatic rings. The summed E-state index contributed by atoms with van der Waals surface area (Å²) in [5, 5.41) is 6.26. The van der Waals surface area contributed by atoms with E-state index < -0.39 is 0 Å². The van der Waals surface area contributed by atoms with Crippen LogP contribution in [0.5, 0.6) is 11.5 Å². The summed E-state index contributed by atoms with van der Waals surface area (Å²) in [7, 11) is 3.22. The minimum Gasteiger partial charge on any atom is -0.493 e. The van der Waals surface area contributed by atoms with Crippen LogP contribution in [0.1, 0.15) is 61.5 Å². The largest absolute Gasteiger partial charge is 0.493 e. The van der Waals surface area contributed by atoms with Gasteiger partial charge in [0.05, 0.1) is 25.6 Å². The molecule has 0 radical (unpaired) electrons. The van der Waals surface area contributed by atoms with Crippen molar-refractivity contribution < 1.29 is 14.3 Å². The van der Waals surface area contributed by atoms with Crippen LogP contribution < -0.4 is 25.8 Å². The van der Waals surface area contributed by atoms with E-state index in [2.05, 4.69) is 31.4 Å². The molecule has 35 heavy (non-hydrogen) atoms. The Labute approximate surface area is 209 Å². The Kier molecular flexibility index (Phi) is 11.5. The molecule has 4 N–H and O–H groups in total. The third-order valence-electron chi connectivity index (χ3n) is 5.28. The molecule has 0 aliphatic carbocycles. The van der Waals surface area contributed by atoms with Crippen molar-refractivity contribution >= 4 is 23.0 Å². The van der Waals surface area contributed by atoms with Crippen molar-refractivity contribution in [1.82, 2.24) is 0 Å². The van der Waals surface area contributed by atoms with Crippen molar-refractivity contribution in [1.29, 1.82) is 0 Å². The van der Waals surface area contributed by atoms with Gasteiger partial charge < -0.3 is 25.8 Å². The van der Waals surface area contributed by atoms with Crippen LogP contribution in [0.15, 0.2) is 60.7 Å². The molecule has 0 saturated heterocycles. The zero-order valence-corrected chi connectivity index (χ0v) is 21.6. The molecular formula is C29H39N3O3. The topological polar surface area (TPSA) is 85.6 Å². The third-order valence-corrected chi connectivity index (χ3v) is 5.28. The fourth-order valence-electron chi connectivity index (χ4n) is 3.38. The quantitative estimate of drug-likeness (QED) is 0.276. The van der Waals surface area contributed by atoms with E-state index in [1.54, 1.807) is 14.2 Å². The Morgan fingerprint density at radius 3 is 2.11 bits per heavy atom. The molecular weight excluding hydrogens is 438 g/mol. The summed E-state index contributed by atoms with van der Waals surface area (Å²) in [5.74, 6) is 1.17. The number of carbonyl (C=O) groups excluding carboxylic acids is 1. The van der Waals surface area contributed by atoms with E-state index in [0.29, 0.717) is 35.0 Å². The van der Waals surface area contributed by atoms with E-state index in [1.165, 1.54) is 12.0 Å². The van der Waals surface area contributed by atoms with Crippen molar-refractivity contribution in [2.75, 3.05) is 30.6 Å². The molecule has 3 aromatic carbocycles. The number of nitrogen functional groups attached to an aromatic ring is 1. The van der Waals surface area contributed by atoms with Gasteiger partial charge in [0, 0.05) is 23.9 Å². The highest BCUT2D eigenvalue weighted by atomic mass is 16.5. The first-order valence-corrected chi connectivity index (χ1v) is 12.2. The average molecular weight is 478 g/mol. The third kappa shape index (κ3) is 8.56. The molecule has 0 aliphatic rings. The van der Waals surface area contributed by atoms with E-state index in [0.717, 1.165) is 30.5 Å². The van der Waals surface area contributed by atoms with Crippen molar-refractivity contribution in [2.24, 2.45) is 0 Å². The zero-order valence-electron chi connectivity index (χ0n) is 21.6. The molecule has 3 rings (SSSR count). The Bertz CT molecular complexity index is 1070. The van der Waals surface area contributed by atoms with Crippen LogP contribution in [-0.4, -0.2) is 20.1 Å². The number of methoxy groups -OCH3 is 2. The van der Waals surface area contributed by atoms with Gasteiger partial charge in [-0.15, -0.1) is 0 Å². The molecule has 1 amide bonds. The highest BCUT2D eigenvalue weighted by Gasteiger charge is 2.09. The second-order valence-electron chi connectivity index (χ2n) is 8.31. The summed E-state index contributed by atoms with van der Waals surface area (Å²) in [6.45, 7) is 7.03. The molecule has 0 aromatic heterocycles. The second-order valence-corrected chi connectivity index (χ2v) is 8.31. The number of carbonyl (C=O) groups is 1. The first kappa shape index (κ1) is 27.6. The number of anilines is 3. The normalized spacial score (nSPS) is 10.1. The number of ether oxygens (including phenoxy) is 2. The van der Waals surface area contributed by atoms with Crippen molar-refractivity contribution in [3.63, 3.8) is 0 Å². The second kappa shape index (κ2) is 14.6. The van der Waals surface area contributed by atoms with Gasteiger partial charge in [0.2, 0.25) is 0 Å². The molecule has 0 spiro atoms. The van der Waals surface area contributed by atoms with Crippen LogP contribution in [0, 0.1) is 0 Å². The SMILES string of the molecule is CCC.CCCCc1ccc(NC(=O)c2ccc(CNc3ccc(OC)c(OC)c3)cc2)c(N)c1. The number of hydrogen-bond donors (Lipinski definition) is 3. The summed E-state index contributed by atoms with van der Waals surface area (Å²) in [5.41, 5.74) is 11.1. The van der Waals surface area contributed by atoms with Gasteiger partial charge in [-0.3, -0.25) is 4.79 Å². The number of nitrogens with one attached hydrogen (secondary N) is 2. The Morgan fingerprint density at radius 2 is 1.51 bits per heavy atom. The standard InChI is InChI=1S/C26H31N3O3.C3H8/c1-4-5-6-18-9-13-23(22(27)15-18)29-26(30)20-10-7-19(8-11-20)17-28-21-12-14-24(31-2)25(16-21)32-3;1-3-2/h7-16,28H,4-6,17,27H2,1-3H3,(H,29,30);3H2,1-2H3. The number of hydrogen-bond acceptors (Lipinski definition) is 5. The summed E-state index contributed by atoms with van der Waals surface area (Å²) < 4.78 is 10.6. The smallest absolute Gasteiger partial charge is 0.255 e. The fourth-order valence-corrected chi connectivity index (χ4v) is 3.38. The number of rotatable bonds is 10. The number of benzene rings is 3. The highest BCUT2D eigenvalue weighted by molar-refractivity contribution is 6.05. The van der Waals surface area contributed by atoms with E-state index in [9.17, 15) is 4.79 Å². The minimum atomic E-state index is -0.183. The lowest BCUT2D eigenvalue weighted by molar-refractivity contribution is 0.102. The summed E-state index contributed by atoms with van der Waals surface area (Å²) >= 11 is 0. The predicted molar refractivity (Wildman–Crippen MR) is 147 cm³/mol. The number of nitrogens with two attached hydrogens (primary N) is 1. The molecule has 0 aliphatic heterocycles. The Balaban J connectivity index is 0.00000137. The summed E-state index contributed by atoms with van der Waals surface area (Å²) in [4.78, 5) is 12.6. The average Bonchev–Trinajstić information content (AvgIpc) is 2.88. The first-order valence-electron chi connectivity index (χ1n) is 12.2. The molecule has 0 saturated carbocycles. The maximum atomic E-state index is 12.6. The fraction of sp³-hybridized carbons (Fsp3) is 0.345. The number of aryl methyl sites for hydroxylation is 1. The Morgan fingerprint density at radius 1 is 0.857 bits per heavy atom. The summed E-state index contributed by atoms with van der Waals surface area (Å²) in [6.07, 6.45) is 4.50. The van der Waals surface area contributed by atoms with E-state index >= 15 is 0 Å². The van der Waals surface area contributed by atoms with Crippen molar-refractivity contribution in [3.05, 3.63) is 77.4 Å². The Hall–Kier alpha value is -3.67. The molecule has 188 valence electrons. The number of amides is 1. The number of unbranched alkanes of at least 4 members (excludes halogenated alkanes) is 1. The van der Waals surface area contributed by atoms with E-state index in [1.807, 2.05) is 60.7 Å². The maximum Gasteiger partial charge on any atom is 0.255 e. The van der Waals surface area contributed by atoms with Crippen LogP contribution in [0.25, 0.3) is 0 Å². The molecule has 0 fully saturated rings. The molecule has 6 heteroatoms. The highest BCUT2D eigenvalue weighted by Crippen LogP contribution is 2.30. The van der Waals surface area contributed by atoms with Crippen molar-refractivity contribution in [3.8, 4) is 11.5 Å². The van der Waals surface area contributed by atoms with Gasteiger partial charge in [-0.25, -0.2) is 0 Å². The van der Waals surface area contributed by atoms with Gasteiger partial charge >= 0.3 is 0 Å². The van der Waals surface area contributed by atoms with Crippen LogP contribution in [-0.2, 0) is 13.0 Å². The van der Waals surface area contributed by atoms with E-state index in [-0.39, 0.29) is 5.91 Å². The lowest BCUT2D eigenvalue weighted by atomic mass is 10.1. The van der Waals surface area contributed by atoms with Gasteiger partial charge in [-0.1, -0.05) is 51.8 Å². The lowest BCUT2D eigenvalue weighted by Gasteiger charge is -2.12. The van der Waals surface area contributed by atoms with Gasteiger partial charge in [-0.05, 0) is 60.4 Å². The van der Waals surface area contributed by atoms with Gasteiger partial charge in [0.1, 0.15) is 0 Å². The van der Waals surface area contributed by atoms with E-state index in [4.69, 9.17) is 15.2 Å². The van der Waals surface area contributed by atoms with Gasteiger partial charge in [0.15, 0.2) is 11.5 Å². The monoisotopic (exact) mass is 477 g/mol. The van der Waals surface area contributed by atoms with Crippen molar-refractivity contribution in [2.45, 2.75) is 53.0 Å². The molecule has 0 heterocycles. The van der Waals surface area contributed by atoms with Crippen LogP contribution in [0.3, 0.4) is 0 Å². The molecule has 0 atom stereocenters. The van der Waals surface area contributed by atoms with Gasteiger partial charge in [-0.2, -0.15) is 0 Å². The lowest BCUT2D eigenvalue weighted by Crippen LogP contribution is -2.13. The summed E-state index contributed by atoms with van der Waals surface area (Å²) in [6, 6.07) is 19.0. The first-order chi connectivity index (χ1) is 16.9. The molecule has 0 unspecified atom stereocenters. The predicted octanol–water partition coefficient (Wildman–Crippen LogP) is 6.91.